The van der Waals surface area contributed by atoms with Gasteiger partial charge in [0.1, 0.15) is 12.4 Å². The van der Waals surface area contributed by atoms with Gasteiger partial charge in [-0.1, -0.05) is 11.8 Å². The molecule has 0 aliphatic carbocycles. The van der Waals surface area contributed by atoms with Crippen LogP contribution in [-0.2, 0) is 14.4 Å². The number of hydroxylamine groups is 2. The molecule has 4 aliphatic heterocycles. The second-order valence-electron chi connectivity index (χ2n) is 10.4. The van der Waals surface area contributed by atoms with E-state index in [0.29, 0.717) is 30.4 Å². The molecule has 1 saturated heterocycles. The predicted molar refractivity (Wildman–Crippen MR) is 137 cm³/mol. The standard InChI is InChI=1S/C25H35N5O4S/c1-16(31)34-30-20-14-25(2,3)27-23(32)22(20)35-24(30)29-11-12-33-21-13-18(5-6-19(21)29)28(4)15-17-7-9-26-10-8-17/h5-6,13,17,24,26H,7-12,14-15H2,1-4H3,(H,27,32). The van der Waals surface area contributed by atoms with Gasteiger partial charge in [-0.2, -0.15) is 5.06 Å². The summed E-state index contributed by atoms with van der Waals surface area (Å²) in [6, 6.07) is 6.30. The molecule has 0 spiro atoms. The summed E-state index contributed by atoms with van der Waals surface area (Å²) in [6.45, 7) is 9.68. The molecule has 9 nitrogen and oxygen atoms in total. The minimum atomic E-state index is -0.416. The van der Waals surface area contributed by atoms with Gasteiger partial charge in [0, 0.05) is 44.2 Å². The van der Waals surface area contributed by atoms with Gasteiger partial charge in [-0.15, -0.1) is 0 Å². The Bertz CT molecular complexity index is 1040. The maximum Gasteiger partial charge on any atom is 0.329 e. The molecule has 190 valence electrons. The Kier molecular flexibility index (Phi) is 6.52. The van der Waals surface area contributed by atoms with Gasteiger partial charge in [0.2, 0.25) is 0 Å². The summed E-state index contributed by atoms with van der Waals surface area (Å²) in [5.74, 6) is 0.972. The number of amides is 1. The van der Waals surface area contributed by atoms with Crippen LogP contribution in [0.2, 0.25) is 0 Å². The molecule has 1 atom stereocenters. The highest BCUT2D eigenvalue weighted by molar-refractivity contribution is 8.04. The molecule has 1 aromatic rings. The van der Waals surface area contributed by atoms with Crippen LogP contribution in [0.15, 0.2) is 28.8 Å². The van der Waals surface area contributed by atoms with Crippen molar-refractivity contribution in [2.24, 2.45) is 5.92 Å². The summed E-state index contributed by atoms with van der Waals surface area (Å²) >= 11 is 1.43. The Balaban J connectivity index is 1.39. The highest BCUT2D eigenvalue weighted by Crippen LogP contribution is 2.48. The third-order valence-electron chi connectivity index (χ3n) is 6.99. The number of piperidine rings is 1. The average Bonchev–Trinajstić information content (AvgIpc) is 3.15. The average molecular weight is 502 g/mol. The van der Waals surface area contributed by atoms with Gasteiger partial charge in [-0.05, 0) is 57.8 Å². The van der Waals surface area contributed by atoms with E-state index in [0.717, 1.165) is 42.5 Å². The molecule has 0 radical (unpaired) electrons. The topological polar surface area (TPSA) is 86.4 Å². The molecular weight excluding hydrogens is 466 g/mol. The molecule has 4 aliphatic rings. The predicted octanol–water partition coefficient (Wildman–Crippen LogP) is 2.64. The summed E-state index contributed by atoms with van der Waals surface area (Å²) < 4.78 is 6.08. The van der Waals surface area contributed by atoms with Gasteiger partial charge in [-0.25, -0.2) is 0 Å². The number of rotatable bonds is 5. The molecule has 1 fully saturated rings. The summed E-state index contributed by atoms with van der Waals surface area (Å²) in [5, 5.41) is 8.12. The molecular formula is C25H35N5O4S. The van der Waals surface area contributed by atoms with Gasteiger partial charge in [0.15, 0.2) is 5.50 Å². The number of fused-ring (bicyclic) bond motifs is 1. The van der Waals surface area contributed by atoms with E-state index in [9.17, 15) is 9.59 Å². The first kappa shape index (κ1) is 24.1. The number of hydrogen-bond donors (Lipinski definition) is 2. The molecule has 1 aromatic carbocycles. The van der Waals surface area contributed by atoms with Crippen molar-refractivity contribution in [2.75, 3.05) is 49.6 Å². The molecule has 10 heteroatoms. The van der Waals surface area contributed by atoms with E-state index in [-0.39, 0.29) is 11.4 Å². The van der Waals surface area contributed by atoms with E-state index >= 15 is 0 Å². The Morgan fingerprint density at radius 2 is 2.09 bits per heavy atom. The molecule has 2 N–H and O–H groups in total. The number of nitrogens with zero attached hydrogens (tertiary/aromatic N) is 3. The van der Waals surface area contributed by atoms with E-state index in [1.54, 1.807) is 5.06 Å². The van der Waals surface area contributed by atoms with Crippen LogP contribution in [0.1, 0.15) is 40.0 Å². The van der Waals surface area contributed by atoms with E-state index in [1.807, 2.05) is 13.8 Å². The van der Waals surface area contributed by atoms with Gasteiger partial charge in [-0.3, -0.25) is 9.59 Å². The fourth-order valence-corrected chi connectivity index (χ4v) is 6.59. The van der Waals surface area contributed by atoms with Gasteiger partial charge < -0.3 is 30.0 Å². The largest absolute Gasteiger partial charge is 0.489 e. The van der Waals surface area contributed by atoms with Crippen molar-refractivity contribution in [3.8, 4) is 5.75 Å². The zero-order chi connectivity index (χ0) is 24.7. The Morgan fingerprint density at radius 3 is 2.83 bits per heavy atom. The molecule has 0 saturated carbocycles. The zero-order valence-electron chi connectivity index (χ0n) is 20.9. The summed E-state index contributed by atoms with van der Waals surface area (Å²) in [5.41, 5.74) is 2.03. The monoisotopic (exact) mass is 501 g/mol. The number of nitrogens with one attached hydrogen (secondary N) is 2. The van der Waals surface area contributed by atoms with Gasteiger partial charge >= 0.3 is 5.97 Å². The lowest BCUT2D eigenvalue weighted by Gasteiger charge is -2.40. The van der Waals surface area contributed by atoms with Crippen LogP contribution in [0, 0.1) is 5.92 Å². The van der Waals surface area contributed by atoms with Crippen molar-refractivity contribution in [1.29, 1.82) is 0 Å². The summed E-state index contributed by atoms with van der Waals surface area (Å²) in [4.78, 5) is 35.7. The molecule has 4 heterocycles. The highest BCUT2D eigenvalue weighted by Gasteiger charge is 2.47. The van der Waals surface area contributed by atoms with Crippen LogP contribution in [0.4, 0.5) is 11.4 Å². The van der Waals surface area contributed by atoms with Crippen LogP contribution >= 0.6 is 11.8 Å². The first-order valence-electron chi connectivity index (χ1n) is 12.4. The van der Waals surface area contributed by atoms with Crippen molar-refractivity contribution in [3.63, 3.8) is 0 Å². The van der Waals surface area contributed by atoms with Gasteiger partial charge in [0.05, 0.1) is 22.8 Å². The van der Waals surface area contributed by atoms with Crippen molar-refractivity contribution in [1.82, 2.24) is 15.7 Å². The summed E-state index contributed by atoms with van der Waals surface area (Å²) in [6.07, 6.45) is 2.99. The Hall–Kier alpha value is -2.59. The van der Waals surface area contributed by atoms with E-state index in [2.05, 4.69) is 45.7 Å². The quantitative estimate of drug-likeness (QED) is 0.632. The number of carbonyl (C=O) groups is 2. The summed E-state index contributed by atoms with van der Waals surface area (Å²) in [7, 11) is 2.14. The smallest absolute Gasteiger partial charge is 0.329 e. The normalized spacial score (nSPS) is 23.9. The van der Waals surface area contributed by atoms with Crippen molar-refractivity contribution in [3.05, 3.63) is 28.8 Å². The number of thioether (sulfide) groups is 1. The first-order valence-corrected chi connectivity index (χ1v) is 13.3. The van der Waals surface area contributed by atoms with Crippen LogP contribution in [0.25, 0.3) is 0 Å². The molecule has 35 heavy (non-hydrogen) atoms. The number of ether oxygens (including phenoxy) is 1. The minimum Gasteiger partial charge on any atom is -0.489 e. The Morgan fingerprint density at radius 1 is 1.31 bits per heavy atom. The van der Waals surface area contributed by atoms with E-state index < -0.39 is 11.5 Å². The fraction of sp³-hybridized carbons (Fsp3) is 0.600. The van der Waals surface area contributed by atoms with Crippen LogP contribution in [0.3, 0.4) is 0 Å². The number of hydrogen-bond acceptors (Lipinski definition) is 9. The van der Waals surface area contributed by atoms with Crippen molar-refractivity contribution >= 4 is 35.0 Å². The van der Waals surface area contributed by atoms with Crippen LogP contribution in [-0.4, -0.2) is 67.8 Å². The van der Waals surface area contributed by atoms with Gasteiger partial charge in [0.25, 0.3) is 5.91 Å². The number of anilines is 2. The molecule has 1 amide bonds. The molecule has 0 bridgehead atoms. The lowest BCUT2D eigenvalue weighted by Crippen LogP contribution is -2.50. The molecule has 0 aromatic heterocycles. The lowest BCUT2D eigenvalue weighted by atomic mass is 9.94. The molecule has 5 rings (SSSR count). The lowest BCUT2D eigenvalue weighted by molar-refractivity contribution is -0.182. The molecule has 1 unspecified atom stereocenters. The van der Waals surface area contributed by atoms with Crippen molar-refractivity contribution in [2.45, 2.75) is 51.1 Å². The van der Waals surface area contributed by atoms with Crippen LogP contribution < -0.4 is 25.2 Å². The SMILES string of the molecule is CC(=O)ON1C2=C(SC1N1CCOc3cc(N(C)CC4CCNCC4)ccc31)C(=O)NC(C)(C)C2. The fourth-order valence-electron chi connectivity index (χ4n) is 5.31. The minimum absolute atomic E-state index is 0.121. The second-order valence-corrected chi connectivity index (χ2v) is 11.5. The van der Waals surface area contributed by atoms with Crippen molar-refractivity contribution < 1.29 is 19.2 Å². The zero-order valence-corrected chi connectivity index (χ0v) is 21.7. The van der Waals surface area contributed by atoms with E-state index in [4.69, 9.17) is 9.57 Å². The van der Waals surface area contributed by atoms with Crippen LogP contribution in [0.5, 0.6) is 5.75 Å². The van der Waals surface area contributed by atoms with E-state index in [1.165, 1.54) is 31.5 Å². The number of carbonyl (C=O) groups excluding carboxylic acids is 2. The number of benzene rings is 1. The maximum absolute atomic E-state index is 12.9. The first-order chi connectivity index (χ1) is 16.7. The Labute approximate surface area is 211 Å². The highest BCUT2D eigenvalue weighted by atomic mass is 32.2. The third kappa shape index (κ3) is 4.91. The second kappa shape index (κ2) is 9.46. The maximum atomic E-state index is 12.9. The third-order valence-corrected chi connectivity index (χ3v) is 8.30.